The third-order valence-electron chi connectivity index (χ3n) is 5.41. The monoisotopic (exact) mass is 469 g/mol. The number of rotatable bonds is 5. The molecule has 2 aromatic carbocycles. The first-order valence-corrected chi connectivity index (χ1v) is 12.2. The number of aryl methyl sites for hydroxylation is 1. The standard InChI is InChI=1S/C21H25Cl2N3O3S/c1-15-5-4-6-19(16(15)2)24-9-11-25(12-10-24)21(27)14-26(30(3,28)29)20-8-7-17(22)13-18(20)23/h4-8,13H,9-12,14H2,1-3H3. The van der Waals surface area contributed by atoms with E-state index in [1.165, 1.54) is 28.9 Å². The molecule has 162 valence electrons. The number of nitrogens with zero attached hydrogens (tertiary/aromatic N) is 3. The number of piperazine rings is 1. The molecule has 0 saturated carbocycles. The lowest BCUT2D eigenvalue weighted by molar-refractivity contribution is -0.129. The molecule has 6 nitrogen and oxygen atoms in total. The van der Waals surface area contributed by atoms with E-state index in [0.29, 0.717) is 31.2 Å². The van der Waals surface area contributed by atoms with Crippen LogP contribution in [0.4, 0.5) is 11.4 Å². The van der Waals surface area contributed by atoms with Crippen molar-refractivity contribution >= 4 is 50.5 Å². The molecule has 0 spiro atoms. The minimum Gasteiger partial charge on any atom is -0.368 e. The van der Waals surface area contributed by atoms with E-state index in [-0.39, 0.29) is 23.2 Å². The van der Waals surface area contributed by atoms with E-state index in [0.717, 1.165) is 10.6 Å². The zero-order chi connectivity index (χ0) is 22.1. The molecule has 2 aromatic rings. The second-order valence-corrected chi connectivity index (χ2v) is 10.2. The first kappa shape index (κ1) is 22.7. The van der Waals surface area contributed by atoms with Crippen molar-refractivity contribution in [1.82, 2.24) is 4.90 Å². The van der Waals surface area contributed by atoms with Crippen LogP contribution in [0.25, 0.3) is 0 Å². The van der Waals surface area contributed by atoms with Crippen LogP contribution in [0.2, 0.25) is 10.0 Å². The maximum absolute atomic E-state index is 12.9. The van der Waals surface area contributed by atoms with Gasteiger partial charge < -0.3 is 9.80 Å². The summed E-state index contributed by atoms with van der Waals surface area (Å²) in [7, 11) is -3.70. The Hall–Kier alpha value is -1.96. The van der Waals surface area contributed by atoms with Crippen molar-refractivity contribution in [3.05, 3.63) is 57.6 Å². The van der Waals surface area contributed by atoms with Gasteiger partial charge in [0, 0.05) is 36.9 Å². The van der Waals surface area contributed by atoms with Crippen LogP contribution in [0, 0.1) is 13.8 Å². The molecule has 1 aliphatic rings. The summed E-state index contributed by atoms with van der Waals surface area (Å²) in [6.07, 6.45) is 1.06. The van der Waals surface area contributed by atoms with E-state index in [9.17, 15) is 13.2 Å². The molecule has 0 aliphatic carbocycles. The summed E-state index contributed by atoms with van der Waals surface area (Å²) in [5, 5.41) is 0.576. The Morgan fingerprint density at radius 1 is 1.07 bits per heavy atom. The minimum atomic E-state index is -3.70. The number of hydrogen-bond donors (Lipinski definition) is 0. The number of amides is 1. The first-order chi connectivity index (χ1) is 14.1. The van der Waals surface area contributed by atoms with Crippen molar-refractivity contribution in [2.45, 2.75) is 13.8 Å². The molecular formula is C21H25Cl2N3O3S. The summed E-state index contributed by atoms with van der Waals surface area (Å²) >= 11 is 12.1. The molecule has 0 atom stereocenters. The van der Waals surface area contributed by atoms with Gasteiger partial charge in [0.2, 0.25) is 15.9 Å². The summed E-state index contributed by atoms with van der Waals surface area (Å²) < 4.78 is 25.7. The SMILES string of the molecule is Cc1cccc(N2CCN(C(=O)CN(c3ccc(Cl)cc3Cl)S(C)(=O)=O)CC2)c1C. The zero-order valence-electron chi connectivity index (χ0n) is 17.2. The van der Waals surface area contributed by atoms with Gasteiger partial charge in [0.05, 0.1) is 17.0 Å². The Balaban J connectivity index is 1.71. The van der Waals surface area contributed by atoms with Gasteiger partial charge in [0.1, 0.15) is 6.54 Å². The molecule has 1 heterocycles. The van der Waals surface area contributed by atoms with Crippen molar-refractivity contribution in [2.24, 2.45) is 0 Å². The molecule has 0 N–H and O–H groups in total. The lowest BCUT2D eigenvalue weighted by Gasteiger charge is -2.37. The summed E-state index contributed by atoms with van der Waals surface area (Å²) in [4.78, 5) is 16.9. The quantitative estimate of drug-likeness (QED) is 0.669. The van der Waals surface area contributed by atoms with Crippen LogP contribution in [-0.2, 0) is 14.8 Å². The molecule has 0 unspecified atom stereocenters. The number of hydrogen-bond acceptors (Lipinski definition) is 4. The second-order valence-electron chi connectivity index (χ2n) is 7.45. The van der Waals surface area contributed by atoms with E-state index in [4.69, 9.17) is 23.2 Å². The van der Waals surface area contributed by atoms with Crippen LogP contribution < -0.4 is 9.21 Å². The topological polar surface area (TPSA) is 60.9 Å². The fourth-order valence-electron chi connectivity index (χ4n) is 3.56. The Kier molecular flexibility index (Phi) is 6.84. The highest BCUT2D eigenvalue weighted by atomic mass is 35.5. The zero-order valence-corrected chi connectivity index (χ0v) is 19.6. The van der Waals surface area contributed by atoms with Crippen molar-refractivity contribution in [3.8, 4) is 0 Å². The van der Waals surface area contributed by atoms with Gasteiger partial charge in [-0.3, -0.25) is 9.10 Å². The normalized spacial score (nSPS) is 14.7. The average Bonchev–Trinajstić information content (AvgIpc) is 2.68. The van der Waals surface area contributed by atoms with E-state index >= 15 is 0 Å². The molecule has 0 aromatic heterocycles. The van der Waals surface area contributed by atoms with Crippen LogP contribution in [0.1, 0.15) is 11.1 Å². The summed E-state index contributed by atoms with van der Waals surface area (Å²) in [6, 6.07) is 10.7. The maximum Gasteiger partial charge on any atom is 0.243 e. The average molecular weight is 470 g/mol. The Morgan fingerprint density at radius 3 is 2.33 bits per heavy atom. The van der Waals surface area contributed by atoms with Crippen molar-refractivity contribution < 1.29 is 13.2 Å². The lowest BCUT2D eigenvalue weighted by Crippen LogP contribution is -2.52. The molecule has 1 amide bonds. The highest BCUT2D eigenvalue weighted by molar-refractivity contribution is 7.92. The van der Waals surface area contributed by atoms with Gasteiger partial charge in [0.15, 0.2) is 0 Å². The lowest BCUT2D eigenvalue weighted by atomic mass is 10.1. The molecular weight excluding hydrogens is 445 g/mol. The van der Waals surface area contributed by atoms with Gasteiger partial charge >= 0.3 is 0 Å². The number of halogens is 2. The molecule has 0 bridgehead atoms. The molecule has 30 heavy (non-hydrogen) atoms. The van der Waals surface area contributed by atoms with Crippen LogP contribution in [0.5, 0.6) is 0 Å². The number of anilines is 2. The predicted molar refractivity (Wildman–Crippen MR) is 123 cm³/mol. The molecule has 1 saturated heterocycles. The Labute approximate surface area is 188 Å². The van der Waals surface area contributed by atoms with Crippen LogP contribution >= 0.6 is 23.2 Å². The van der Waals surface area contributed by atoms with E-state index in [1.807, 2.05) is 6.07 Å². The number of sulfonamides is 1. The van der Waals surface area contributed by atoms with Crippen molar-refractivity contribution in [2.75, 3.05) is 48.2 Å². The number of carbonyl (C=O) groups excluding carboxylic acids is 1. The van der Waals surface area contributed by atoms with E-state index < -0.39 is 10.0 Å². The van der Waals surface area contributed by atoms with Gasteiger partial charge in [-0.05, 0) is 49.2 Å². The predicted octanol–water partition coefficient (Wildman–Crippen LogP) is 3.73. The molecule has 1 aliphatic heterocycles. The molecule has 3 rings (SSSR count). The van der Waals surface area contributed by atoms with E-state index in [2.05, 4.69) is 30.9 Å². The van der Waals surface area contributed by atoms with Gasteiger partial charge in [0.25, 0.3) is 0 Å². The van der Waals surface area contributed by atoms with Gasteiger partial charge in [-0.25, -0.2) is 8.42 Å². The largest absolute Gasteiger partial charge is 0.368 e. The summed E-state index contributed by atoms with van der Waals surface area (Å²) in [5.74, 6) is -0.257. The van der Waals surface area contributed by atoms with Gasteiger partial charge in [-0.2, -0.15) is 0 Å². The fraction of sp³-hybridized carbons (Fsp3) is 0.381. The maximum atomic E-state index is 12.9. The third kappa shape index (κ3) is 5.02. The van der Waals surface area contributed by atoms with Crippen molar-refractivity contribution in [1.29, 1.82) is 0 Å². The Morgan fingerprint density at radius 2 is 1.73 bits per heavy atom. The number of benzene rings is 2. The first-order valence-electron chi connectivity index (χ1n) is 9.59. The molecule has 9 heteroatoms. The minimum absolute atomic E-state index is 0.181. The molecule has 0 radical (unpaired) electrons. The summed E-state index contributed by atoms with van der Waals surface area (Å²) in [5.41, 5.74) is 3.88. The van der Waals surface area contributed by atoms with Gasteiger partial charge in [-0.1, -0.05) is 35.3 Å². The Bertz CT molecular complexity index is 1050. The highest BCUT2D eigenvalue weighted by Crippen LogP contribution is 2.30. The van der Waals surface area contributed by atoms with E-state index in [1.54, 1.807) is 11.0 Å². The fourth-order valence-corrected chi connectivity index (χ4v) is 4.98. The second kappa shape index (κ2) is 9.04. The van der Waals surface area contributed by atoms with Crippen molar-refractivity contribution in [3.63, 3.8) is 0 Å². The smallest absolute Gasteiger partial charge is 0.243 e. The van der Waals surface area contributed by atoms with Crippen LogP contribution in [-0.4, -0.2) is 58.2 Å². The van der Waals surface area contributed by atoms with Crippen LogP contribution in [0.3, 0.4) is 0 Å². The third-order valence-corrected chi connectivity index (χ3v) is 7.07. The van der Waals surface area contributed by atoms with Crippen LogP contribution in [0.15, 0.2) is 36.4 Å². The summed E-state index contributed by atoms with van der Waals surface area (Å²) in [6.45, 7) is 6.32. The van der Waals surface area contributed by atoms with Gasteiger partial charge in [-0.15, -0.1) is 0 Å². The highest BCUT2D eigenvalue weighted by Gasteiger charge is 2.28. The molecule has 1 fully saturated rings. The number of carbonyl (C=O) groups is 1.